The largest absolute Gasteiger partial charge is 0.401 e. The van der Waals surface area contributed by atoms with Gasteiger partial charge in [-0.25, -0.2) is 0 Å². The summed E-state index contributed by atoms with van der Waals surface area (Å²) in [6.07, 6.45) is -1.62. The number of allylic oxidation sites excluding steroid dienone is 1. The molecule has 0 radical (unpaired) electrons. The average Bonchev–Trinajstić information content (AvgIpc) is 2.19. The molecule has 0 aromatic rings. The van der Waals surface area contributed by atoms with Gasteiger partial charge in [0.2, 0.25) is 0 Å². The van der Waals surface area contributed by atoms with Crippen molar-refractivity contribution in [1.29, 1.82) is 0 Å². The van der Waals surface area contributed by atoms with Crippen molar-refractivity contribution in [3.05, 3.63) is 11.6 Å². The Bertz CT molecular complexity index is 214. The van der Waals surface area contributed by atoms with Gasteiger partial charge in [-0.1, -0.05) is 11.6 Å². The van der Waals surface area contributed by atoms with Gasteiger partial charge in [0.05, 0.1) is 13.3 Å². The summed E-state index contributed by atoms with van der Waals surface area (Å²) in [7, 11) is 0. The van der Waals surface area contributed by atoms with Crippen LogP contribution in [0, 0.1) is 0 Å². The Labute approximate surface area is 95.1 Å². The summed E-state index contributed by atoms with van der Waals surface area (Å²) in [5.41, 5.74) is 1.09. The van der Waals surface area contributed by atoms with Crippen LogP contribution in [-0.2, 0) is 4.74 Å². The number of nitrogens with zero attached hydrogens (tertiary/aromatic N) is 1. The number of hydrogen-bond donors (Lipinski definition) is 0. The first-order valence-electron chi connectivity index (χ1n) is 5.37. The monoisotopic (exact) mass is 239 g/mol. The second-order valence-electron chi connectivity index (χ2n) is 3.67. The smallest absolute Gasteiger partial charge is 0.366 e. The van der Waals surface area contributed by atoms with Crippen molar-refractivity contribution >= 4 is 0 Å². The standard InChI is InChI=1S/C11H20F3NO/c1-4-10(3)6-7-15(9-16-5-2)8-11(12,13)14/h4H,5-9H2,1-3H3/b10-4+. The maximum Gasteiger partial charge on any atom is 0.401 e. The molecule has 0 heterocycles. The van der Waals surface area contributed by atoms with Gasteiger partial charge in [0, 0.05) is 13.2 Å². The quantitative estimate of drug-likeness (QED) is 0.499. The second-order valence-corrected chi connectivity index (χ2v) is 3.67. The van der Waals surface area contributed by atoms with E-state index in [9.17, 15) is 13.2 Å². The first kappa shape index (κ1) is 15.4. The van der Waals surface area contributed by atoms with Crippen molar-refractivity contribution in [2.75, 3.05) is 26.4 Å². The van der Waals surface area contributed by atoms with Crippen molar-refractivity contribution in [1.82, 2.24) is 4.90 Å². The maximum absolute atomic E-state index is 12.2. The van der Waals surface area contributed by atoms with E-state index < -0.39 is 12.7 Å². The topological polar surface area (TPSA) is 12.5 Å². The summed E-state index contributed by atoms with van der Waals surface area (Å²) in [6.45, 7) is 5.48. The molecule has 0 saturated carbocycles. The van der Waals surface area contributed by atoms with Gasteiger partial charge >= 0.3 is 6.18 Å². The Morgan fingerprint density at radius 3 is 2.44 bits per heavy atom. The van der Waals surface area contributed by atoms with E-state index in [-0.39, 0.29) is 6.73 Å². The molecule has 0 spiro atoms. The van der Waals surface area contributed by atoms with Crippen molar-refractivity contribution in [3.8, 4) is 0 Å². The molecule has 0 aliphatic carbocycles. The van der Waals surface area contributed by atoms with Gasteiger partial charge in [0.15, 0.2) is 0 Å². The Morgan fingerprint density at radius 2 is 2.00 bits per heavy atom. The molecule has 0 rings (SSSR count). The molecule has 0 aromatic heterocycles. The molecule has 0 saturated heterocycles. The zero-order chi connectivity index (χ0) is 12.6. The van der Waals surface area contributed by atoms with Crippen LogP contribution >= 0.6 is 0 Å². The van der Waals surface area contributed by atoms with Gasteiger partial charge in [-0.05, 0) is 27.2 Å². The molecule has 0 aliphatic rings. The third-order valence-electron chi connectivity index (χ3n) is 2.20. The third kappa shape index (κ3) is 8.73. The highest BCUT2D eigenvalue weighted by atomic mass is 19.4. The number of rotatable bonds is 7. The van der Waals surface area contributed by atoms with Crippen LogP contribution in [0.3, 0.4) is 0 Å². The minimum Gasteiger partial charge on any atom is -0.366 e. The molecule has 2 nitrogen and oxygen atoms in total. The lowest BCUT2D eigenvalue weighted by Gasteiger charge is -2.23. The molecule has 0 atom stereocenters. The number of ether oxygens (including phenoxy) is 1. The molecular weight excluding hydrogens is 219 g/mol. The lowest BCUT2D eigenvalue weighted by atomic mass is 10.2. The number of alkyl halides is 3. The van der Waals surface area contributed by atoms with E-state index in [1.54, 1.807) is 6.92 Å². The van der Waals surface area contributed by atoms with E-state index in [0.717, 1.165) is 5.57 Å². The van der Waals surface area contributed by atoms with Crippen molar-refractivity contribution in [2.24, 2.45) is 0 Å². The summed E-state index contributed by atoms with van der Waals surface area (Å²) in [5.74, 6) is 0. The van der Waals surface area contributed by atoms with E-state index >= 15 is 0 Å². The minimum absolute atomic E-state index is 0.0347. The third-order valence-corrected chi connectivity index (χ3v) is 2.20. The predicted octanol–water partition coefficient (Wildman–Crippen LogP) is 3.20. The van der Waals surface area contributed by atoms with Gasteiger partial charge in [-0.15, -0.1) is 0 Å². The number of halogens is 3. The molecule has 0 fully saturated rings. The van der Waals surface area contributed by atoms with Crippen LogP contribution in [0.25, 0.3) is 0 Å². The molecule has 0 bridgehead atoms. The van der Waals surface area contributed by atoms with E-state index in [0.29, 0.717) is 19.6 Å². The molecule has 96 valence electrons. The Morgan fingerprint density at radius 1 is 1.38 bits per heavy atom. The van der Waals surface area contributed by atoms with Crippen molar-refractivity contribution < 1.29 is 17.9 Å². The first-order valence-corrected chi connectivity index (χ1v) is 5.37. The molecule has 0 N–H and O–H groups in total. The molecule has 0 aromatic carbocycles. The van der Waals surface area contributed by atoms with Gasteiger partial charge < -0.3 is 4.74 Å². The van der Waals surface area contributed by atoms with Gasteiger partial charge in [0.1, 0.15) is 0 Å². The Kier molecular flexibility index (Phi) is 7.42. The maximum atomic E-state index is 12.2. The number of hydrogen-bond acceptors (Lipinski definition) is 2. The van der Waals surface area contributed by atoms with Crippen LogP contribution < -0.4 is 0 Å². The zero-order valence-electron chi connectivity index (χ0n) is 10.1. The van der Waals surface area contributed by atoms with Crippen LogP contribution in [0.5, 0.6) is 0 Å². The summed E-state index contributed by atoms with van der Waals surface area (Å²) in [4.78, 5) is 1.27. The van der Waals surface area contributed by atoms with E-state index in [1.807, 2.05) is 19.9 Å². The van der Waals surface area contributed by atoms with Gasteiger partial charge in [0.25, 0.3) is 0 Å². The summed E-state index contributed by atoms with van der Waals surface area (Å²) in [6, 6.07) is 0. The average molecular weight is 239 g/mol. The SMILES string of the molecule is C/C=C(\C)CCN(COCC)CC(F)(F)F. The molecule has 5 heteroatoms. The Hall–Kier alpha value is -0.550. The van der Waals surface area contributed by atoms with Crippen LogP contribution in [0.4, 0.5) is 13.2 Å². The van der Waals surface area contributed by atoms with Gasteiger partial charge in [-0.3, -0.25) is 4.90 Å². The van der Waals surface area contributed by atoms with E-state index in [2.05, 4.69) is 0 Å². The molecule has 0 unspecified atom stereocenters. The molecule has 0 aliphatic heterocycles. The van der Waals surface area contributed by atoms with Gasteiger partial charge in [-0.2, -0.15) is 13.2 Å². The summed E-state index contributed by atoms with van der Waals surface area (Å²) >= 11 is 0. The van der Waals surface area contributed by atoms with Crippen molar-refractivity contribution in [2.45, 2.75) is 33.4 Å². The first-order chi connectivity index (χ1) is 7.39. The van der Waals surface area contributed by atoms with E-state index in [4.69, 9.17) is 4.74 Å². The molecule has 0 amide bonds. The minimum atomic E-state index is -4.17. The highest BCUT2D eigenvalue weighted by Crippen LogP contribution is 2.17. The van der Waals surface area contributed by atoms with Crippen molar-refractivity contribution in [3.63, 3.8) is 0 Å². The van der Waals surface area contributed by atoms with Crippen LogP contribution in [-0.4, -0.2) is 37.5 Å². The fraction of sp³-hybridized carbons (Fsp3) is 0.818. The predicted molar refractivity (Wildman–Crippen MR) is 58.2 cm³/mol. The second kappa shape index (κ2) is 7.68. The van der Waals surface area contributed by atoms with E-state index in [1.165, 1.54) is 4.90 Å². The lowest BCUT2D eigenvalue weighted by molar-refractivity contribution is -0.156. The van der Waals surface area contributed by atoms with Crippen LogP contribution in [0.15, 0.2) is 11.6 Å². The van der Waals surface area contributed by atoms with Crippen LogP contribution in [0.2, 0.25) is 0 Å². The highest BCUT2D eigenvalue weighted by molar-refractivity contribution is 4.95. The highest BCUT2D eigenvalue weighted by Gasteiger charge is 2.30. The lowest BCUT2D eigenvalue weighted by Crippen LogP contribution is -2.36. The molecule has 16 heavy (non-hydrogen) atoms. The zero-order valence-corrected chi connectivity index (χ0v) is 10.1. The Balaban J connectivity index is 4.10. The molecular formula is C11H20F3NO. The fourth-order valence-electron chi connectivity index (χ4n) is 1.14. The normalized spacial score (nSPS) is 13.6. The summed E-state index contributed by atoms with van der Waals surface area (Å²) in [5, 5.41) is 0. The van der Waals surface area contributed by atoms with Crippen LogP contribution in [0.1, 0.15) is 27.2 Å². The fourth-order valence-corrected chi connectivity index (χ4v) is 1.14. The summed E-state index contributed by atoms with van der Waals surface area (Å²) < 4.78 is 41.7.